The van der Waals surface area contributed by atoms with Crippen molar-refractivity contribution in [3.63, 3.8) is 0 Å². The van der Waals surface area contributed by atoms with Crippen molar-refractivity contribution in [2.24, 2.45) is 5.41 Å². The first-order valence-corrected chi connectivity index (χ1v) is 8.06. The van der Waals surface area contributed by atoms with Gasteiger partial charge in [-0.05, 0) is 44.9 Å². The van der Waals surface area contributed by atoms with Gasteiger partial charge in [-0.15, -0.1) is 0 Å². The molecule has 0 rings (SSSR count). The fraction of sp³-hybridized carbons (Fsp3) is 1.00. The van der Waals surface area contributed by atoms with E-state index in [1.54, 1.807) is 7.11 Å². The number of ether oxygens (including phenoxy) is 1. The second-order valence-electron chi connectivity index (χ2n) is 7.43. The quantitative estimate of drug-likeness (QED) is 0.535. The van der Waals surface area contributed by atoms with Crippen molar-refractivity contribution < 1.29 is 14.9 Å². The van der Waals surface area contributed by atoms with Crippen LogP contribution in [0.3, 0.4) is 0 Å². The van der Waals surface area contributed by atoms with Crippen LogP contribution in [-0.2, 0) is 4.74 Å². The standard InChI is InChI=1S/C17H36O3/c1-16(2,14-18)12-8-6-10-15(19)11-7-9-13-17(3,4)20-5/h15,18-19H,6-14H2,1-5H3. The van der Waals surface area contributed by atoms with Crippen LogP contribution in [0.5, 0.6) is 0 Å². The van der Waals surface area contributed by atoms with E-state index in [1.807, 2.05) is 0 Å². The number of unbranched alkanes of at least 4 members (excludes halogenated alkanes) is 2. The fourth-order valence-corrected chi connectivity index (χ4v) is 2.24. The molecule has 0 aliphatic heterocycles. The summed E-state index contributed by atoms with van der Waals surface area (Å²) in [7, 11) is 1.75. The maximum absolute atomic E-state index is 9.94. The first-order valence-electron chi connectivity index (χ1n) is 8.06. The SMILES string of the molecule is COC(C)(C)CCCCC(O)CCCCC(C)(C)CO. The highest BCUT2D eigenvalue weighted by molar-refractivity contribution is 4.69. The Kier molecular flexibility index (Phi) is 9.69. The van der Waals surface area contributed by atoms with Crippen molar-refractivity contribution in [1.29, 1.82) is 0 Å². The highest BCUT2D eigenvalue weighted by Crippen LogP contribution is 2.23. The minimum absolute atomic E-state index is 0.0245. The van der Waals surface area contributed by atoms with Gasteiger partial charge in [0.15, 0.2) is 0 Å². The van der Waals surface area contributed by atoms with Gasteiger partial charge in [-0.2, -0.15) is 0 Å². The number of hydrogen-bond donors (Lipinski definition) is 2. The maximum atomic E-state index is 9.94. The third-order valence-electron chi connectivity index (χ3n) is 4.19. The molecule has 2 N–H and O–H groups in total. The highest BCUT2D eigenvalue weighted by Gasteiger charge is 2.17. The van der Waals surface area contributed by atoms with Crippen LogP contribution >= 0.6 is 0 Å². The largest absolute Gasteiger partial charge is 0.396 e. The lowest BCUT2D eigenvalue weighted by Gasteiger charge is -2.23. The molecule has 3 nitrogen and oxygen atoms in total. The van der Waals surface area contributed by atoms with Gasteiger partial charge in [0.25, 0.3) is 0 Å². The highest BCUT2D eigenvalue weighted by atomic mass is 16.5. The Hall–Kier alpha value is -0.120. The summed E-state index contributed by atoms with van der Waals surface area (Å²) in [5, 5.41) is 19.1. The molecule has 0 heterocycles. The van der Waals surface area contributed by atoms with Crippen molar-refractivity contribution in [2.75, 3.05) is 13.7 Å². The van der Waals surface area contributed by atoms with E-state index < -0.39 is 0 Å². The second-order valence-corrected chi connectivity index (χ2v) is 7.43. The number of hydrogen-bond acceptors (Lipinski definition) is 3. The van der Waals surface area contributed by atoms with E-state index in [0.29, 0.717) is 0 Å². The molecule has 0 aromatic carbocycles. The summed E-state index contributed by atoms with van der Waals surface area (Å²) < 4.78 is 5.38. The van der Waals surface area contributed by atoms with Crippen molar-refractivity contribution in [3.05, 3.63) is 0 Å². The predicted molar refractivity (Wildman–Crippen MR) is 84.9 cm³/mol. The zero-order valence-electron chi connectivity index (χ0n) is 14.2. The molecule has 0 fully saturated rings. The molecular weight excluding hydrogens is 252 g/mol. The van der Waals surface area contributed by atoms with Crippen molar-refractivity contribution in [2.45, 2.75) is 90.8 Å². The molecule has 3 heteroatoms. The normalized spacial score (nSPS) is 14.6. The zero-order valence-corrected chi connectivity index (χ0v) is 14.2. The maximum Gasteiger partial charge on any atom is 0.0622 e. The van der Waals surface area contributed by atoms with Crippen LogP contribution < -0.4 is 0 Å². The molecule has 1 atom stereocenters. The molecule has 0 saturated carbocycles. The molecule has 0 saturated heterocycles. The predicted octanol–water partition coefficient (Wildman–Crippen LogP) is 3.91. The van der Waals surface area contributed by atoms with E-state index in [-0.39, 0.29) is 23.7 Å². The molecule has 0 aromatic rings. The fourth-order valence-electron chi connectivity index (χ4n) is 2.24. The first kappa shape index (κ1) is 19.9. The van der Waals surface area contributed by atoms with E-state index >= 15 is 0 Å². The van der Waals surface area contributed by atoms with Gasteiger partial charge in [0.2, 0.25) is 0 Å². The summed E-state index contributed by atoms with van der Waals surface area (Å²) in [6.45, 7) is 8.62. The summed E-state index contributed by atoms with van der Waals surface area (Å²) in [4.78, 5) is 0. The third-order valence-corrected chi connectivity index (χ3v) is 4.19. The lowest BCUT2D eigenvalue weighted by atomic mass is 9.87. The van der Waals surface area contributed by atoms with E-state index in [9.17, 15) is 10.2 Å². The average Bonchev–Trinajstić information content (AvgIpc) is 2.40. The summed E-state index contributed by atoms with van der Waals surface area (Å²) in [5.74, 6) is 0. The number of methoxy groups -OCH3 is 1. The van der Waals surface area contributed by atoms with E-state index in [4.69, 9.17) is 4.74 Å². The smallest absolute Gasteiger partial charge is 0.0622 e. The monoisotopic (exact) mass is 288 g/mol. The van der Waals surface area contributed by atoms with Crippen LogP contribution in [0.2, 0.25) is 0 Å². The Morgan fingerprint density at radius 3 is 1.85 bits per heavy atom. The van der Waals surface area contributed by atoms with Gasteiger partial charge < -0.3 is 14.9 Å². The Balaban J connectivity index is 3.53. The van der Waals surface area contributed by atoms with Gasteiger partial charge in [0, 0.05) is 13.7 Å². The van der Waals surface area contributed by atoms with Crippen molar-refractivity contribution in [1.82, 2.24) is 0 Å². The van der Waals surface area contributed by atoms with Crippen molar-refractivity contribution >= 4 is 0 Å². The lowest BCUT2D eigenvalue weighted by molar-refractivity contribution is 0.0125. The zero-order chi connectivity index (χ0) is 15.6. The topological polar surface area (TPSA) is 49.7 Å². The lowest BCUT2D eigenvalue weighted by Crippen LogP contribution is -2.22. The molecule has 1 unspecified atom stereocenters. The van der Waals surface area contributed by atoms with Gasteiger partial charge in [0.05, 0.1) is 11.7 Å². The molecule has 0 aliphatic carbocycles. The summed E-state index contributed by atoms with van der Waals surface area (Å²) in [5.41, 5.74) is -0.0164. The Morgan fingerprint density at radius 1 is 0.900 bits per heavy atom. The van der Waals surface area contributed by atoms with Gasteiger partial charge in [-0.3, -0.25) is 0 Å². The molecule has 122 valence electrons. The van der Waals surface area contributed by atoms with E-state index in [2.05, 4.69) is 27.7 Å². The van der Waals surface area contributed by atoms with Crippen LogP contribution in [0.15, 0.2) is 0 Å². The van der Waals surface area contributed by atoms with Crippen LogP contribution in [-0.4, -0.2) is 35.6 Å². The van der Waals surface area contributed by atoms with Crippen LogP contribution in [0.4, 0.5) is 0 Å². The van der Waals surface area contributed by atoms with Gasteiger partial charge in [-0.25, -0.2) is 0 Å². The summed E-state index contributed by atoms with van der Waals surface area (Å²) in [6.07, 6.45) is 7.98. The van der Waals surface area contributed by atoms with Crippen LogP contribution in [0.25, 0.3) is 0 Å². The minimum Gasteiger partial charge on any atom is -0.396 e. The van der Waals surface area contributed by atoms with Gasteiger partial charge in [-0.1, -0.05) is 39.5 Å². The summed E-state index contributed by atoms with van der Waals surface area (Å²) in [6, 6.07) is 0. The first-order chi connectivity index (χ1) is 9.22. The molecular formula is C17H36O3. The molecule has 0 spiro atoms. The van der Waals surface area contributed by atoms with Gasteiger partial charge in [0.1, 0.15) is 0 Å². The second kappa shape index (κ2) is 9.75. The van der Waals surface area contributed by atoms with Gasteiger partial charge >= 0.3 is 0 Å². The molecule has 0 bridgehead atoms. The number of aliphatic hydroxyl groups is 2. The van der Waals surface area contributed by atoms with Crippen LogP contribution in [0.1, 0.15) is 79.1 Å². The number of rotatable bonds is 12. The van der Waals surface area contributed by atoms with E-state index in [0.717, 1.165) is 51.4 Å². The van der Waals surface area contributed by atoms with Crippen molar-refractivity contribution in [3.8, 4) is 0 Å². The number of aliphatic hydroxyl groups excluding tert-OH is 2. The Labute approximate surface area is 125 Å². The molecule has 0 aromatic heterocycles. The Bertz CT molecular complexity index is 212. The molecule has 0 aliphatic rings. The van der Waals surface area contributed by atoms with Crippen LogP contribution in [0, 0.1) is 5.41 Å². The summed E-state index contributed by atoms with van der Waals surface area (Å²) >= 11 is 0. The van der Waals surface area contributed by atoms with E-state index in [1.165, 1.54) is 0 Å². The minimum atomic E-state index is -0.169. The molecule has 0 amide bonds. The molecule has 0 radical (unpaired) electrons. The Morgan fingerprint density at radius 2 is 1.40 bits per heavy atom. The molecule has 20 heavy (non-hydrogen) atoms. The third kappa shape index (κ3) is 10.6. The average molecular weight is 288 g/mol.